The average Bonchev–Trinajstić information content (AvgIpc) is 2.37. The fourth-order valence-electron chi connectivity index (χ4n) is 1.98. The Balaban J connectivity index is 1.97. The standard InChI is InChI=1S/C13H16F3NOS/c14-13(15,16)10-1-2-12(11(17)7-10)19-8-9-3-5-18-6-4-9/h1-2,7,9H,3-6,8,17H2. The molecule has 0 aliphatic carbocycles. The van der Waals surface area contributed by atoms with Gasteiger partial charge < -0.3 is 10.5 Å². The summed E-state index contributed by atoms with van der Waals surface area (Å²) in [6, 6.07) is 3.55. The number of hydrogen-bond donors (Lipinski definition) is 1. The molecule has 1 aliphatic heterocycles. The number of hydrogen-bond acceptors (Lipinski definition) is 3. The molecule has 1 fully saturated rings. The van der Waals surface area contributed by atoms with Gasteiger partial charge in [0.2, 0.25) is 0 Å². The van der Waals surface area contributed by atoms with E-state index in [2.05, 4.69) is 0 Å². The van der Waals surface area contributed by atoms with Crippen LogP contribution >= 0.6 is 11.8 Å². The van der Waals surface area contributed by atoms with Crippen LogP contribution in [-0.4, -0.2) is 19.0 Å². The van der Waals surface area contributed by atoms with Crippen LogP contribution in [0, 0.1) is 5.92 Å². The molecule has 0 saturated carbocycles. The lowest BCUT2D eigenvalue weighted by Crippen LogP contribution is -2.17. The number of thioether (sulfide) groups is 1. The van der Waals surface area contributed by atoms with E-state index in [4.69, 9.17) is 10.5 Å². The maximum absolute atomic E-state index is 12.5. The van der Waals surface area contributed by atoms with Gasteiger partial charge in [-0.25, -0.2) is 0 Å². The molecule has 1 heterocycles. The minimum atomic E-state index is -4.34. The van der Waals surface area contributed by atoms with Crippen molar-refractivity contribution in [1.82, 2.24) is 0 Å². The average molecular weight is 291 g/mol. The van der Waals surface area contributed by atoms with Crippen LogP contribution in [0.2, 0.25) is 0 Å². The summed E-state index contributed by atoms with van der Waals surface area (Å²) in [5.41, 5.74) is 5.19. The maximum atomic E-state index is 12.5. The molecule has 0 amide bonds. The lowest BCUT2D eigenvalue weighted by Gasteiger charge is -2.21. The van der Waals surface area contributed by atoms with Gasteiger partial charge >= 0.3 is 6.18 Å². The van der Waals surface area contributed by atoms with Gasteiger partial charge in [-0.3, -0.25) is 0 Å². The highest BCUT2D eigenvalue weighted by atomic mass is 32.2. The van der Waals surface area contributed by atoms with E-state index in [0.717, 1.165) is 48.8 Å². The second kappa shape index (κ2) is 6.05. The summed E-state index contributed by atoms with van der Waals surface area (Å²) in [6.07, 6.45) is -2.32. The molecule has 2 nitrogen and oxygen atoms in total. The Bertz CT molecular complexity index is 430. The van der Waals surface area contributed by atoms with Crippen LogP contribution in [0.25, 0.3) is 0 Å². The van der Waals surface area contributed by atoms with Crippen LogP contribution in [0.3, 0.4) is 0 Å². The predicted molar refractivity (Wildman–Crippen MR) is 70.1 cm³/mol. The molecule has 2 N–H and O–H groups in total. The SMILES string of the molecule is Nc1cc(C(F)(F)F)ccc1SCC1CCOCC1. The molecule has 1 aliphatic rings. The molecule has 19 heavy (non-hydrogen) atoms. The van der Waals surface area contributed by atoms with Crippen molar-refractivity contribution >= 4 is 17.4 Å². The number of nitrogen functional groups attached to an aromatic ring is 1. The Morgan fingerprint density at radius 1 is 1.26 bits per heavy atom. The van der Waals surface area contributed by atoms with E-state index in [1.54, 1.807) is 0 Å². The fourth-order valence-corrected chi connectivity index (χ4v) is 3.12. The number of ether oxygens (including phenoxy) is 1. The summed E-state index contributed by atoms with van der Waals surface area (Å²) in [6.45, 7) is 1.54. The minimum absolute atomic E-state index is 0.201. The number of anilines is 1. The zero-order valence-electron chi connectivity index (χ0n) is 10.4. The van der Waals surface area contributed by atoms with Crippen molar-refractivity contribution < 1.29 is 17.9 Å². The van der Waals surface area contributed by atoms with Crippen LogP contribution in [0.5, 0.6) is 0 Å². The Hall–Kier alpha value is -0.880. The maximum Gasteiger partial charge on any atom is 0.416 e. The summed E-state index contributed by atoms with van der Waals surface area (Å²) in [4.78, 5) is 0.722. The molecule has 1 aromatic carbocycles. The van der Waals surface area contributed by atoms with E-state index in [-0.39, 0.29) is 5.69 Å². The van der Waals surface area contributed by atoms with E-state index >= 15 is 0 Å². The number of benzene rings is 1. The Labute approximate surface area is 114 Å². The van der Waals surface area contributed by atoms with Crippen molar-refractivity contribution in [2.45, 2.75) is 23.9 Å². The Morgan fingerprint density at radius 2 is 1.95 bits per heavy atom. The first-order chi connectivity index (χ1) is 8.97. The summed E-state index contributed by atoms with van der Waals surface area (Å²) < 4.78 is 42.8. The second-order valence-electron chi connectivity index (χ2n) is 4.62. The molecule has 0 aromatic heterocycles. The normalized spacial score (nSPS) is 17.6. The van der Waals surface area contributed by atoms with Crippen molar-refractivity contribution in [3.63, 3.8) is 0 Å². The van der Waals surface area contributed by atoms with E-state index in [9.17, 15) is 13.2 Å². The zero-order valence-corrected chi connectivity index (χ0v) is 11.2. The Kier molecular flexibility index (Phi) is 4.62. The first-order valence-electron chi connectivity index (χ1n) is 6.14. The molecule has 0 spiro atoms. The van der Waals surface area contributed by atoms with Crippen molar-refractivity contribution in [3.05, 3.63) is 23.8 Å². The molecule has 0 radical (unpaired) electrons. The van der Waals surface area contributed by atoms with Crippen LogP contribution < -0.4 is 5.73 Å². The van der Waals surface area contributed by atoms with Gasteiger partial charge in [0.1, 0.15) is 0 Å². The van der Waals surface area contributed by atoms with Gasteiger partial charge in [0, 0.05) is 29.5 Å². The summed E-state index contributed by atoms with van der Waals surface area (Å²) in [5.74, 6) is 1.43. The van der Waals surface area contributed by atoms with Gasteiger partial charge in [0.15, 0.2) is 0 Å². The molecular weight excluding hydrogens is 275 g/mol. The van der Waals surface area contributed by atoms with Gasteiger partial charge in [0.25, 0.3) is 0 Å². The Morgan fingerprint density at radius 3 is 2.53 bits per heavy atom. The van der Waals surface area contributed by atoms with Gasteiger partial charge in [-0.1, -0.05) is 0 Å². The van der Waals surface area contributed by atoms with Crippen molar-refractivity contribution in [1.29, 1.82) is 0 Å². The third kappa shape index (κ3) is 4.04. The minimum Gasteiger partial charge on any atom is -0.398 e. The highest BCUT2D eigenvalue weighted by Gasteiger charge is 2.30. The van der Waals surface area contributed by atoms with E-state index < -0.39 is 11.7 Å². The third-order valence-electron chi connectivity index (χ3n) is 3.15. The second-order valence-corrected chi connectivity index (χ2v) is 5.68. The lowest BCUT2D eigenvalue weighted by atomic mass is 10.0. The summed E-state index contributed by atoms with van der Waals surface area (Å²) in [5, 5.41) is 0. The lowest BCUT2D eigenvalue weighted by molar-refractivity contribution is -0.137. The zero-order chi connectivity index (χ0) is 13.9. The van der Waals surface area contributed by atoms with Gasteiger partial charge in [-0.05, 0) is 37.0 Å². The van der Waals surface area contributed by atoms with E-state index in [1.807, 2.05) is 0 Å². The third-order valence-corrected chi connectivity index (χ3v) is 4.47. The van der Waals surface area contributed by atoms with Crippen molar-refractivity contribution in [2.75, 3.05) is 24.7 Å². The monoisotopic (exact) mass is 291 g/mol. The topological polar surface area (TPSA) is 35.2 Å². The van der Waals surface area contributed by atoms with Gasteiger partial charge in [-0.15, -0.1) is 11.8 Å². The first kappa shape index (κ1) is 14.5. The van der Waals surface area contributed by atoms with E-state index in [0.29, 0.717) is 5.92 Å². The predicted octanol–water partition coefficient (Wildman–Crippen LogP) is 3.81. The van der Waals surface area contributed by atoms with Crippen LogP contribution in [0.4, 0.5) is 18.9 Å². The molecule has 1 saturated heterocycles. The summed E-state index contributed by atoms with van der Waals surface area (Å²) in [7, 11) is 0. The van der Waals surface area contributed by atoms with Crippen LogP contribution in [-0.2, 0) is 10.9 Å². The van der Waals surface area contributed by atoms with Crippen molar-refractivity contribution in [2.24, 2.45) is 5.92 Å². The molecule has 0 bridgehead atoms. The molecule has 0 atom stereocenters. The van der Waals surface area contributed by atoms with Crippen LogP contribution in [0.1, 0.15) is 18.4 Å². The number of alkyl halides is 3. The van der Waals surface area contributed by atoms with Crippen LogP contribution in [0.15, 0.2) is 23.1 Å². The van der Waals surface area contributed by atoms with Gasteiger partial charge in [-0.2, -0.15) is 13.2 Å². The molecule has 106 valence electrons. The van der Waals surface area contributed by atoms with E-state index in [1.165, 1.54) is 17.8 Å². The molecule has 1 aromatic rings. The highest BCUT2D eigenvalue weighted by Crippen LogP contribution is 2.35. The molecule has 2 rings (SSSR count). The smallest absolute Gasteiger partial charge is 0.398 e. The number of halogens is 3. The first-order valence-corrected chi connectivity index (χ1v) is 7.12. The largest absolute Gasteiger partial charge is 0.416 e. The quantitative estimate of drug-likeness (QED) is 0.679. The van der Waals surface area contributed by atoms with Gasteiger partial charge in [0.05, 0.1) is 5.56 Å². The van der Waals surface area contributed by atoms with Crippen molar-refractivity contribution in [3.8, 4) is 0 Å². The highest BCUT2D eigenvalue weighted by molar-refractivity contribution is 7.99. The number of rotatable bonds is 3. The fraction of sp³-hybridized carbons (Fsp3) is 0.538. The molecular formula is C13H16F3NOS. The molecule has 0 unspecified atom stereocenters. The number of nitrogens with two attached hydrogens (primary N) is 1. The molecule has 6 heteroatoms. The summed E-state index contributed by atoms with van der Waals surface area (Å²) >= 11 is 1.52.